The molecule has 2 aliphatic heterocycles. The van der Waals surface area contributed by atoms with Gasteiger partial charge in [-0.3, -0.25) is 9.59 Å². The predicted molar refractivity (Wildman–Crippen MR) is 93.0 cm³/mol. The van der Waals surface area contributed by atoms with Gasteiger partial charge >= 0.3 is 12.0 Å². The summed E-state index contributed by atoms with van der Waals surface area (Å²) in [7, 11) is 0. The van der Waals surface area contributed by atoms with Gasteiger partial charge in [0.05, 0.1) is 12.1 Å². The first kappa shape index (κ1) is 19.1. The quantitative estimate of drug-likeness (QED) is 0.250. The van der Waals surface area contributed by atoms with Crippen molar-refractivity contribution in [1.82, 2.24) is 10.6 Å². The van der Waals surface area contributed by atoms with Gasteiger partial charge in [0, 0.05) is 17.4 Å². The Hall–Kier alpha value is -1.28. The van der Waals surface area contributed by atoms with Gasteiger partial charge in [0.15, 0.2) is 0 Å². The van der Waals surface area contributed by atoms with Crippen LogP contribution in [-0.4, -0.2) is 52.5 Å². The van der Waals surface area contributed by atoms with E-state index in [1.54, 1.807) is 0 Å². The average molecular weight is 357 g/mol. The third-order valence-corrected chi connectivity index (χ3v) is 6.24. The summed E-state index contributed by atoms with van der Waals surface area (Å²) in [6.07, 6.45) is 4.63. The van der Waals surface area contributed by atoms with E-state index in [0.29, 0.717) is 37.5 Å². The molecule has 0 aromatic carbocycles. The van der Waals surface area contributed by atoms with Gasteiger partial charge in [-0.15, -0.1) is 0 Å². The van der Waals surface area contributed by atoms with Crippen LogP contribution in [0.2, 0.25) is 0 Å². The van der Waals surface area contributed by atoms with E-state index >= 15 is 0 Å². The van der Waals surface area contributed by atoms with Crippen molar-refractivity contribution in [2.45, 2.75) is 62.3 Å². The van der Waals surface area contributed by atoms with E-state index < -0.39 is 11.9 Å². The third-order valence-electron chi connectivity index (χ3n) is 4.73. The van der Waals surface area contributed by atoms with Gasteiger partial charge in [-0.1, -0.05) is 12.8 Å². The van der Waals surface area contributed by atoms with Crippen LogP contribution < -0.4 is 16.4 Å². The number of hydrogen-bond acceptors (Lipinski definition) is 5. The number of ketones is 1. The topological polar surface area (TPSA) is 122 Å². The first-order chi connectivity index (χ1) is 11.5. The minimum absolute atomic E-state index is 0.0905. The number of nitrogens with one attached hydrogen (secondary N) is 2. The molecule has 0 aromatic heterocycles. The van der Waals surface area contributed by atoms with Crippen LogP contribution in [0.1, 0.15) is 44.9 Å². The largest absolute Gasteiger partial charge is 0.481 e. The monoisotopic (exact) mass is 357 g/mol. The normalized spacial score (nSPS) is 26.5. The van der Waals surface area contributed by atoms with Crippen LogP contribution in [-0.2, 0) is 9.59 Å². The molecule has 4 atom stereocenters. The first-order valence-electron chi connectivity index (χ1n) is 8.67. The number of unbranched alkanes of at least 4 members (excludes halogenated alkanes) is 2. The lowest BCUT2D eigenvalue weighted by Gasteiger charge is -2.16. The van der Waals surface area contributed by atoms with Gasteiger partial charge in [-0.25, -0.2) is 4.79 Å². The first-order valence-corrected chi connectivity index (χ1v) is 9.72. The zero-order chi connectivity index (χ0) is 17.5. The fraction of sp³-hybridized carbons (Fsp3) is 0.812. The lowest BCUT2D eigenvalue weighted by molar-refractivity contribution is -0.146. The Bertz CT molecular complexity index is 474. The molecular formula is C16H27N3O4S. The minimum Gasteiger partial charge on any atom is -0.481 e. The van der Waals surface area contributed by atoms with Crippen LogP contribution in [0.3, 0.4) is 0 Å². The van der Waals surface area contributed by atoms with Crippen molar-refractivity contribution >= 4 is 29.5 Å². The summed E-state index contributed by atoms with van der Waals surface area (Å²) in [5.41, 5.74) is 5.41. The number of carboxylic acid groups (broad SMARTS) is 1. The van der Waals surface area contributed by atoms with Crippen molar-refractivity contribution in [1.29, 1.82) is 0 Å². The number of carboxylic acids is 1. The molecule has 0 saturated carbocycles. The zero-order valence-corrected chi connectivity index (χ0v) is 14.6. The number of aliphatic carboxylic acids is 1. The second-order valence-corrected chi connectivity index (χ2v) is 7.78. The molecule has 2 aliphatic rings. The molecule has 5 N–H and O–H groups in total. The molecule has 2 fully saturated rings. The minimum atomic E-state index is -1.02. The van der Waals surface area contributed by atoms with E-state index in [1.165, 1.54) is 0 Å². The predicted octanol–water partition coefficient (Wildman–Crippen LogP) is 1.11. The van der Waals surface area contributed by atoms with E-state index in [0.717, 1.165) is 25.0 Å². The number of thioether (sulfide) groups is 1. The van der Waals surface area contributed by atoms with Crippen molar-refractivity contribution < 1.29 is 19.5 Å². The Morgan fingerprint density at radius 1 is 1.25 bits per heavy atom. The molecule has 0 radical (unpaired) electrons. The molecule has 2 amide bonds. The van der Waals surface area contributed by atoms with Gasteiger partial charge in [-0.05, 0) is 32.2 Å². The van der Waals surface area contributed by atoms with Crippen molar-refractivity contribution in [2.24, 2.45) is 11.7 Å². The zero-order valence-electron chi connectivity index (χ0n) is 13.8. The van der Waals surface area contributed by atoms with Crippen molar-refractivity contribution in [3.8, 4) is 0 Å². The number of hydrogen-bond donors (Lipinski definition) is 4. The summed E-state index contributed by atoms with van der Waals surface area (Å²) < 4.78 is 0. The number of Topliss-reactive ketones (excluding diaryl/α,β-unsaturated/α-hetero) is 1. The lowest BCUT2D eigenvalue weighted by Crippen LogP contribution is -2.36. The molecule has 0 aliphatic carbocycles. The highest BCUT2D eigenvalue weighted by molar-refractivity contribution is 8.00. The van der Waals surface area contributed by atoms with Crippen LogP contribution >= 0.6 is 11.8 Å². The molecule has 2 heterocycles. The van der Waals surface area contributed by atoms with Gasteiger partial charge in [0.25, 0.3) is 0 Å². The molecule has 2 rings (SSSR count). The molecule has 0 bridgehead atoms. The SMILES string of the molecule is NCCCCC(C(=O)O)C(=O)CCCC[C@@H]1SC[C@@H]2NC(=O)N[C@@H]21. The fourth-order valence-corrected chi connectivity index (χ4v) is 4.92. The second kappa shape index (κ2) is 9.27. The van der Waals surface area contributed by atoms with E-state index in [9.17, 15) is 19.5 Å². The van der Waals surface area contributed by atoms with Gasteiger partial charge in [-0.2, -0.15) is 11.8 Å². The fourth-order valence-electron chi connectivity index (χ4n) is 3.38. The highest BCUT2D eigenvalue weighted by atomic mass is 32.2. The highest BCUT2D eigenvalue weighted by Gasteiger charge is 2.42. The van der Waals surface area contributed by atoms with Crippen molar-refractivity contribution in [2.75, 3.05) is 12.3 Å². The van der Waals surface area contributed by atoms with Crippen LogP contribution in [0.15, 0.2) is 0 Å². The maximum absolute atomic E-state index is 12.1. The Kier molecular flexibility index (Phi) is 7.36. The van der Waals surface area contributed by atoms with Crippen LogP contribution in [0.5, 0.6) is 0 Å². The Balaban J connectivity index is 1.66. The lowest BCUT2D eigenvalue weighted by atomic mass is 9.93. The van der Waals surface area contributed by atoms with Crippen molar-refractivity contribution in [3.63, 3.8) is 0 Å². The van der Waals surface area contributed by atoms with Gasteiger partial charge in [0.1, 0.15) is 11.7 Å². The van der Waals surface area contributed by atoms with Crippen LogP contribution in [0.4, 0.5) is 4.79 Å². The summed E-state index contributed by atoms with van der Waals surface area (Å²) in [5.74, 6) is -1.16. The average Bonchev–Trinajstić information content (AvgIpc) is 3.07. The van der Waals surface area contributed by atoms with Gasteiger partial charge in [0.2, 0.25) is 0 Å². The Labute approximate surface area is 146 Å². The molecule has 0 spiro atoms. The summed E-state index contributed by atoms with van der Waals surface area (Å²) in [6.45, 7) is 0.521. The van der Waals surface area contributed by atoms with E-state index in [4.69, 9.17) is 5.73 Å². The van der Waals surface area contributed by atoms with Crippen LogP contribution in [0, 0.1) is 5.92 Å². The number of carbonyl (C=O) groups excluding carboxylic acids is 2. The standard InChI is InChI=1S/C16H27N3O4S/c17-8-4-3-5-10(15(21)22)12(20)6-1-2-7-13-14-11(9-24-13)18-16(23)19-14/h10-11,13-14H,1-9,17H2,(H,21,22)(H2,18,19,23)/t10?,11-,13-,14-/m0/s1. The maximum atomic E-state index is 12.1. The molecule has 0 aromatic rings. The summed E-state index contributed by atoms with van der Waals surface area (Å²) in [4.78, 5) is 34.7. The summed E-state index contributed by atoms with van der Waals surface area (Å²) in [6, 6.07) is 0.307. The molecule has 136 valence electrons. The Morgan fingerprint density at radius 2 is 2.04 bits per heavy atom. The van der Waals surface area contributed by atoms with Crippen molar-refractivity contribution in [3.05, 3.63) is 0 Å². The maximum Gasteiger partial charge on any atom is 0.315 e. The second-order valence-electron chi connectivity index (χ2n) is 6.51. The van der Waals surface area contributed by atoms with E-state index in [1.807, 2.05) is 11.8 Å². The molecule has 8 heteroatoms. The smallest absolute Gasteiger partial charge is 0.315 e. The number of rotatable bonds is 11. The molecule has 1 unspecified atom stereocenters. The Morgan fingerprint density at radius 3 is 2.75 bits per heavy atom. The summed E-state index contributed by atoms with van der Waals surface area (Å²) >= 11 is 1.85. The molecular weight excluding hydrogens is 330 g/mol. The molecule has 24 heavy (non-hydrogen) atoms. The molecule has 2 saturated heterocycles. The van der Waals surface area contributed by atoms with Gasteiger partial charge < -0.3 is 21.5 Å². The number of carbonyl (C=O) groups is 3. The summed E-state index contributed by atoms with van der Waals surface area (Å²) in [5, 5.41) is 15.4. The van der Waals surface area contributed by atoms with E-state index in [2.05, 4.69) is 10.6 Å². The van der Waals surface area contributed by atoms with E-state index in [-0.39, 0.29) is 23.9 Å². The molecule has 7 nitrogen and oxygen atoms in total. The third kappa shape index (κ3) is 5.11. The number of fused-ring (bicyclic) bond motifs is 1. The number of amides is 2. The highest BCUT2D eigenvalue weighted by Crippen LogP contribution is 2.33. The number of urea groups is 1. The van der Waals surface area contributed by atoms with Crippen LogP contribution in [0.25, 0.3) is 0 Å². The number of nitrogens with two attached hydrogens (primary N) is 1.